The van der Waals surface area contributed by atoms with Crippen LogP contribution in [0.25, 0.3) is 10.8 Å². The lowest BCUT2D eigenvalue weighted by Crippen LogP contribution is -2.70. The maximum atomic E-state index is 15.4. The highest BCUT2D eigenvalue weighted by Gasteiger charge is 2.66. The second-order valence-corrected chi connectivity index (χ2v) is 24.0. The molecule has 0 bridgehead atoms. The molecule has 80 heavy (non-hydrogen) atoms. The van der Waals surface area contributed by atoms with Crippen LogP contribution in [-0.4, -0.2) is 83.4 Å². The third-order valence-electron chi connectivity index (χ3n) is 16.6. The fourth-order valence-electron chi connectivity index (χ4n) is 12.6. The summed E-state index contributed by atoms with van der Waals surface area (Å²) in [5, 5.41) is 30.4. The molecule has 3 aromatic rings. The van der Waals surface area contributed by atoms with E-state index in [0.717, 1.165) is 91.7 Å². The number of rotatable bonds is 38. The molecule has 0 spiro atoms. The van der Waals surface area contributed by atoms with E-state index in [9.17, 15) is 15.0 Å². The van der Waals surface area contributed by atoms with Gasteiger partial charge >= 0.3 is 12.2 Å². The Balaban J connectivity index is 1.40. The number of hydrogen-bond acceptors (Lipinski definition) is 10. The molecule has 0 saturated heterocycles. The van der Waals surface area contributed by atoms with Gasteiger partial charge in [0.1, 0.15) is 23.1 Å². The lowest BCUT2D eigenvalue weighted by molar-refractivity contribution is -0.256. The van der Waals surface area contributed by atoms with Gasteiger partial charge in [-0.1, -0.05) is 202 Å². The maximum Gasteiger partial charge on any atom is 0.412 e. The normalized spacial score (nSPS) is 20.8. The fourth-order valence-corrected chi connectivity index (χ4v) is 12.6. The van der Waals surface area contributed by atoms with E-state index in [-0.39, 0.29) is 57.1 Å². The van der Waals surface area contributed by atoms with Crippen molar-refractivity contribution in [3.63, 3.8) is 0 Å². The second-order valence-electron chi connectivity index (χ2n) is 24.0. The highest BCUT2D eigenvalue weighted by atomic mass is 16.7. The van der Waals surface area contributed by atoms with E-state index in [1.54, 1.807) is 12.1 Å². The lowest BCUT2D eigenvalue weighted by atomic mass is 9.55. The molecule has 444 valence electrons. The zero-order valence-corrected chi connectivity index (χ0v) is 50.0. The van der Waals surface area contributed by atoms with Gasteiger partial charge in [0.15, 0.2) is 0 Å². The van der Waals surface area contributed by atoms with E-state index in [0.29, 0.717) is 36.6 Å². The molecule has 3 aromatic carbocycles. The summed E-state index contributed by atoms with van der Waals surface area (Å²) in [6, 6.07) is 19.3. The van der Waals surface area contributed by atoms with E-state index in [1.165, 1.54) is 89.9 Å². The summed E-state index contributed by atoms with van der Waals surface area (Å²) in [6.45, 7) is 15.9. The number of nitrogens with zero attached hydrogens (tertiary/aromatic N) is 2. The van der Waals surface area contributed by atoms with E-state index < -0.39 is 35.5 Å². The van der Waals surface area contributed by atoms with Crippen molar-refractivity contribution in [1.82, 2.24) is 10.2 Å². The summed E-state index contributed by atoms with van der Waals surface area (Å²) in [6.07, 6.45) is 31.6. The summed E-state index contributed by atoms with van der Waals surface area (Å²) in [4.78, 5) is 37.2. The molecule has 6 rings (SSSR count). The number of carbonyl (C=O) groups excluding carboxylic acids is 2. The number of hydrogen-bond donors (Lipinski definition) is 3. The molecule has 0 radical (unpaired) electrons. The number of ether oxygens (including phenoxy) is 4. The maximum absolute atomic E-state index is 15.4. The van der Waals surface area contributed by atoms with Crippen molar-refractivity contribution in [3.05, 3.63) is 96.1 Å². The standard InChI is InChI=1S/C68H103N3O9/c1-7-10-12-14-16-18-20-22-24-30-43-69-65(74)78-55-41-42-61-59(49-55)63-57(40-29-32-45-73)53(36-28-31-44-72)48-58-60(70-80-67(4,5)6)50-62(68(79-61,64(58)63)77-46-9-3)71(51-54-38-34-37-52-35-26-27-39-56(52)54)66(75)76-47-33-25-23-21-19-17-15-13-11-8-2/h9,26-27,34-35,37-39,41-42,48-49,53,57,62-64,72-73H,3,7-8,10-25,28-33,36,40,43-47,50-51H2,1-2,4-6H3,(H,69,74)/t53-,57+,62-,63+,64+,68+/m0/s1. The van der Waals surface area contributed by atoms with E-state index in [4.69, 9.17) is 28.9 Å². The molecule has 1 aliphatic heterocycles. The number of allylic oxidation sites excluding steroid dienone is 1. The molecule has 1 heterocycles. The average Bonchev–Trinajstić information content (AvgIpc) is 3.29. The monoisotopic (exact) mass is 1110 g/mol. The Morgan fingerprint density at radius 1 is 0.775 bits per heavy atom. The predicted octanol–water partition coefficient (Wildman–Crippen LogP) is 16.8. The van der Waals surface area contributed by atoms with Crippen LogP contribution < -0.4 is 14.8 Å². The van der Waals surface area contributed by atoms with Crippen LogP contribution in [0.4, 0.5) is 9.59 Å². The van der Waals surface area contributed by atoms with Crippen molar-refractivity contribution < 1.29 is 43.6 Å². The first-order valence-electron chi connectivity index (χ1n) is 31.6. The number of aliphatic hydroxyl groups is 2. The molecular weight excluding hydrogens is 1000 g/mol. The lowest BCUT2D eigenvalue weighted by Gasteiger charge is -2.60. The van der Waals surface area contributed by atoms with Crippen LogP contribution >= 0.6 is 0 Å². The van der Waals surface area contributed by atoms with Crippen LogP contribution in [0.5, 0.6) is 11.5 Å². The molecule has 12 nitrogen and oxygen atoms in total. The topological polar surface area (TPSA) is 148 Å². The number of oxime groups is 1. The second kappa shape index (κ2) is 34.5. The van der Waals surface area contributed by atoms with Crippen molar-refractivity contribution in [2.24, 2.45) is 22.9 Å². The number of aliphatic hydroxyl groups excluding tert-OH is 2. The smallest absolute Gasteiger partial charge is 0.412 e. The third-order valence-corrected chi connectivity index (χ3v) is 16.6. The number of benzene rings is 3. The van der Waals surface area contributed by atoms with Gasteiger partial charge in [0.25, 0.3) is 0 Å². The van der Waals surface area contributed by atoms with Crippen LogP contribution in [-0.2, 0) is 20.9 Å². The van der Waals surface area contributed by atoms with E-state index >= 15 is 4.79 Å². The van der Waals surface area contributed by atoms with Gasteiger partial charge in [-0.25, -0.2) is 9.59 Å². The molecule has 1 fully saturated rings. The molecule has 0 unspecified atom stereocenters. The zero-order valence-electron chi connectivity index (χ0n) is 50.0. The summed E-state index contributed by atoms with van der Waals surface area (Å²) < 4.78 is 27.4. The molecular formula is C68H103N3O9. The van der Waals surface area contributed by atoms with Crippen molar-refractivity contribution >= 4 is 28.7 Å². The largest absolute Gasteiger partial charge is 0.459 e. The molecule has 6 atom stereocenters. The van der Waals surface area contributed by atoms with Crippen LogP contribution in [0.2, 0.25) is 0 Å². The van der Waals surface area contributed by atoms with Gasteiger partial charge in [-0.2, -0.15) is 0 Å². The third kappa shape index (κ3) is 19.1. The molecule has 1 saturated carbocycles. The molecule has 2 aliphatic carbocycles. The SMILES string of the molecule is C=CCO[C@@]12Oc3ccc(OC(=O)NCCCCCCCCCCCC)cc3[C@H]3[C@H](CCCCO)[C@@H](CCCCO)C=C(C(=NOC(C)(C)C)C[C@@H]1N(Cc1cccc4ccccc14)C(=O)OCCCCCCCCCCCC)[C@H]32. The van der Waals surface area contributed by atoms with Crippen LogP contribution in [0.1, 0.15) is 225 Å². The Morgan fingerprint density at radius 3 is 2.05 bits per heavy atom. The zero-order chi connectivity index (χ0) is 57.0. The van der Waals surface area contributed by atoms with E-state index in [1.807, 2.05) is 56.0 Å². The first-order valence-corrected chi connectivity index (χ1v) is 31.6. The number of fused-ring (bicyclic) bond motifs is 3. The number of amides is 2. The quantitative estimate of drug-likeness (QED) is 0.0290. The molecule has 3 aliphatic rings. The highest BCUT2D eigenvalue weighted by Crippen LogP contribution is 2.62. The molecule has 2 amide bonds. The van der Waals surface area contributed by atoms with Gasteiger partial charge in [-0.15, -0.1) is 6.58 Å². The summed E-state index contributed by atoms with van der Waals surface area (Å²) in [5.74, 6) is -1.35. The fraction of sp³-hybridized carbons (Fsp3) is 0.662. The van der Waals surface area contributed by atoms with Crippen molar-refractivity contribution in [2.75, 3.05) is 33.0 Å². The van der Waals surface area contributed by atoms with Gasteiger partial charge in [-0.3, -0.25) is 4.90 Å². The Hall–Kier alpha value is -4.91. The molecule has 12 heteroatoms. The summed E-state index contributed by atoms with van der Waals surface area (Å²) >= 11 is 0. The summed E-state index contributed by atoms with van der Waals surface area (Å²) in [5.41, 5.74) is 2.84. The van der Waals surface area contributed by atoms with Gasteiger partial charge < -0.3 is 39.3 Å². The number of unbranched alkanes of at least 4 members (excludes halogenated alkanes) is 20. The first-order chi connectivity index (χ1) is 39.0. The minimum absolute atomic E-state index is 0.0119. The Morgan fingerprint density at radius 2 is 1.40 bits per heavy atom. The summed E-state index contributed by atoms with van der Waals surface area (Å²) in [7, 11) is 0. The van der Waals surface area contributed by atoms with Crippen molar-refractivity contribution in [2.45, 2.75) is 238 Å². The Bertz CT molecular complexity index is 2370. The number of nitrogens with one attached hydrogen (secondary N) is 1. The Kier molecular flexibility index (Phi) is 27.7. The van der Waals surface area contributed by atoms with E-state index in [2.05, 4.69) is 56.1 Å². The molecule has 3 N–H and O–H groups in total. The number of carbonyl (C=O) groups is 2. The van der Waals surface area contributed by atoms with Gasteiger partial charge in [0.05, 0.1) is 31.4 Å². The van der Waals surface area contributed by atoms with Crippen molar-refractivity contribution in [3.8, 4) is 11.5 Å². The average molecular weight is 1110 g/mol. The highest BCUT2D eigenvalue weighted by molar-refractivity contribution is 6.03. The Labute approximate surface area is 481 Å². The van der Waals surface area contributed by atoms with Crippen molar-refractivity contribution in [1.29, 1.82) is 0 Å². The molecule has 0 aromatic heterocycles. The minimum Gasteiger partial charge on any atom is -0.459 e. The van der Waals surface area contributed by atoms with Crippen LogP contribution in [0.3, 0.4) is 0 Å². The first kappa shape index (κ1) is 64.3. The van der Waals surface area contributed by atoms with Gasteiger partial charge in [-0.05, 0) is 111 Å². The van der Waals surface area contributed by atoms with Gasteiger partial charge in [0, 0.05) is 37.7 Å². The van der Waals surface area contributed by atoms with Crippen LogP contribution in [0, 0.1) is 17.8 Å². The minimum atomic E-state index is -1.50. The van der Waals surface area contributed by atoms with Crippen LogP contribution in [0.15, 0.2) is 90.1 Å². The van der Waals surface area contributed by atoms with Gasteiger partial charge in [0.2, 0.25) is 5.79 Å². The predicted molar refractivity (Wildman–Crippen MR) is 324 cm³/mol.